The maximum atomic E-state index is 7.18. The van der Waals surface area contributed by atoms with Gasteiger partial charge in [0.15, 0.2) is 0 Å². The summed E-state index contributed by atoms with van der Waals surface area (Å²) in [5, 5.41) is 8.05. The first-order valence-electron chi connectivity index (χ1n) is 4.07. The van der Waals surface area contributed by atoms with Crippen LogP contribution in [0.25, 0.3) is 16.6 Å². The summed E-state index contributed by atoms with van der Waals surface area (Å²) in [4.78, 5) is 11.1. The van der Waals surface area contributed by atoms with E-state index in [-0.39, 0.29) is 0 Å². The summed E-state index contributed by atoms with van der Waals surface area (Å²) in [6, 6.07) is 1.86. The van der Waals surface area contributed by atoms with E-state index in [1.165, 1.54) is 18.7 Å². The van der Waals surface area contributed by atoms with Gasteiger partial charge in [-0.05, 0) is 6.07 Å². The lowest BCUT2D eigenvalue weighted by Gasteiger charge is -1.99. The fraction of sp³-hybridized carbons (Fsp3) is 0. The fourth-order valence-corrected chi connectivity index (χ4v) is 1.30. The molecule has 14 heavy (non-hydrogen) atoms. The topological polar surface area (TPSA) is 91.4 Å². The average Bonchev–Trinajstić information content (AvgIpc) is 2.68. The normalized spacial score (nSPS) is 11.9. The van der Waals surface area contributed by atoms with Crippen molar-refractivity contribution in [3.05, 3.63) is 30.5 Å². The molecule has 0 radical (unpaired) electrons. The standard InChI is InChI=1S/C9H9N5/c10-3-6(4-11)8-7-1-2-12-9(7)14-5-13-8/h1-5,10H,11H2,(H,12,13,14)/b6-4+,10-3?. The second kappa shape index (κ2) is 3.29. The van der Waals surface area contributed by atoms with Crippen LogP contribution in [0.2, 0.25) is 0 Å². The van der Waals surface area contributed by atoms with Crippen LogP contribution in [0.4, 0.5) is 0 Å². The molecule has 2 heterocycles. The van der Waals surface area contributed by atoms with Crippen molar-refractivity contribution in [2.75, 3.05) is 0 Å². The first-order chi connectivity index (χ1) is 6.86. The molecule has 5 heteroatoms. The number of nitrogens with zero attached hydrogens (tertiary/aromatic N) is 2. The second-order valence-corrected chi connectivity index (χ2v) is 2.73. The highest BCUT2D eigenvalue weighted by Gasteiger charge is 2.06. The van der Waals surface area contributed by atoms with Crippen LogP contribution in [0.3, 0.4) is 0 Å². The molecule has 0 aromatic carbocycles. The number of nitrogens with two attached hydrogens (primary N) is 1. The highest BCUT2D eigenvalue weighted by molar-refractivity contribution is 6.11. The minimum Gasteiger partial charge on any atom is -0.404 e. The van der Waals surface area contributed by atoms with E-state index in [0.717, 1.165) is 11.0 Å². The SMILES string of the molecule is N=C/C(=C\N)c1ncnc2[nH]ccc12. The van der Waals surface area contributed by atoms with Crippen molar-refractivity contribution in [2.45, 2.75) is 0 Å². The van der Waals surface area contributed by atoms with Crippen LogP contribution in [-0.2, 0) is 0 Å². The Morgan fingerprint density at radius 1 is 1.50 bits per heavy atom. The van der Waals surface area contributed by atoms with Crippen molar-refractivity contribution in [1.29, 1.82) is 5.41 Å². The summed E-state index contributed by atoms with van der Waals surface area (Å²) in [7, 11) is 0. The van der Waals surface area contributed by atoms with Gasteiger partial charge in [0.2, 0.25) is 0 Å². The smallest absolute Gasteiger partial charge is 0.141 e. The molecule has 2 rings (SSSR count). The van der Waals surface area contributed by atoms with Crippen molar-refractivity contribution in [3.63, 3.8) is 0 Å². The quantitative estimate of drug-likeness (QED) is 0.610. The van der Waals surface area contributed by atoms with Gasteiger partial charge in [-0.2, -0.15) is 0 Å². The fourth-order valence-electron chi connectivity index (χ4n) is 1.30. The maximum absolute atomic E-state index is 7.18. The molecule has 0 aliphatic rings. The number of nitrogens with one attached hydrogen (secondary N) is 2. The van der Waals surface area contributed by atoms with E-state index in [2.05, 4.69) is 15.0 Å². The maximum Gasteiger partial charge on any atom is 0.141 e. The molecule has 2 aromatic heterocycles. The molecule has 0 aliphatic carbocycles. The molecule has 2 aromatic rings. The third-order valence-electron chi connectivity index (χ3n) is 1.96. The Bertz CT molecular complexity index is 497. The minimum absolute atomic E-state index is 0.581. The molecule has 70 valence electrons. The Morgan fingerprint density at radius 2 is 2.36 bits per heavy atom. The van der Waals surface area contributed by atoms with E-state index in [0.29, 0.717) is 11.3 Å². The van der Waals surface area contributed by atoms with Crippen LogP contribution in [0.15, 0.2) is 24.8 Å². The number of hydrogen-bond donors (Lipinski definition) is 3. The molecule has 0 spiro atoms. The van der Waals surface area contributed by atoms with Crippen LogP contribution in [0.5, 0.6) is 0 Å². The first kappa shape index (κ1) is 8.43. The molecule has 4 N–H and O–H groups in total. The van der Waals surface area contributed by atoms with Gasteiger partial charge >= 0.3 is 0 Å². The number of rotatable bonds is 2. The summed E-state index contributed by atoms with van der Waals surface area (Å²) < 4.78 is 0. The van der Waals surface area contributed by atoms with Crippen molar-refractivity contribution < 1.29 is 0 Å². The molecule has 5 nitrogen and oxygen atoms in total. The zero-order valence-corrected chi connectivity index (χ0v) is 7.36. The molecular formula is C9H9N5. The van der Waals surface area contributed by atoms with Crippen molar-refractivity contribution >= 4 is 22.8 Å². The van der Waals surface area contributed by atoms with Gasteiger partial charge < -0.3 is 16.1 Å². The highest BCUT2D eigenvalue weighted by atomic mass is 14.9. The number of allylic oxidation sites excluding steroid dienone is 1. The molecule has 0 saturated heterocycles. The van der Waals surface area contributed by atoms with E-state index >= 15 is 0 Å². The Balaban J connectivity index is 2.73. The van der Waals surface area contributed by atoms with Crippen LogP contribution in [0.1, 0.15) is 5.69 Å². The number of aromatic amines is 1. The van der Waals surface area contributed by atoms with Gasteiger partial charge in [-0.3, -0.25) is 0 Å². The lowest BCUT2D eigenvalue weighted by atomic mass is 10.1. The van der Waals surface area contributed by atoms with Gasteiger partial charge in [0.25, 0.3) is 0 Å². The lowest BCUT2D eigenvalue weighted by molar-refractivity contribution is 1.18. The molecule has 0 amide bonds. The van der Waals surface area contributed by atoms with Gasteiger partial charge in [0.05, 0.1) is 5.69 Å². The van der Waals surface area contributed by atoms with Crippen LogP contribution in [0, 0.1) is 5.41 Å². The molecule has 0 saturated carbocycles. The van der Waals surface area contributed by atoms with E-state index in [1.807, 2.05) is 6.07 Å². The summed E-state index contributed by atoms with van der Waals surface area (Å²) in [5.74, 6) is 0. The minimum atomic E-state index is 0.581. The van der Waals surface area contributed by atoms with Gasteiger partial charge in [-0.25, -0.2) is 9.97 Å². The summed E-state index contributed by atoms with van der Waals surface area (Å²) in [6.45, 7) is 0. The molecule has 0 aliphatic heterocycles. The molecule has 0 bridgehead atoms. The third kappa shape index (κ3) is 1.15. The summed E-state index contributed by atoms with van der Waals surface area (Å²) >= 11 is 0. The Hall–Kier alpha value is -2.17. The van der Waals surface area contributed by atoms with Gasteiger partial charge in [0.1, 0.15) is 12.0 Å². The van der Waals surface area contributed by atoms with Gasteiger partial charge in [-0.15, -0.1) is 0 Å². The van der Waals surface area contributed by atoms with E-state index in [1.54, 1.807) is 6.20 Å². The van der Waals surface area contributed by atoms with Crippen LogP contribution >= 0.6 is 0 Å². The van der Waals surface area contributed by atoms with Crippen molar-refractivity contribution in [1.82, 2.24) is 15.0 Å². The summed E-state index contributed by atoms with van der Waals surface area (Å²) in [6.07, 6.45) is 5.76. The zero-order chi connectivity index (χ0) is 9.97. The number of H-pyrrole nitrogens is 1. The molecule has 0 atom stereocenters. The van der Waals surface area contributed by atoms with Crippen molar-refractivity contribution in [2.24, 2.45) is 5.73 Å². The zero-order valence-electron chi connectivity index (χ0n) is 7.36. The number of aromatic nitrogens is 3. The highest BCUT2D eigenvalue weighted by Crippen LogP contribution is 2.18. The Morgan fingerprint density at radius 3 is 3.07 bits per heavy atom. The predicted molar refractivity (Wildman–Crippen MR) is 54.8 cm³/mol. The predicted octanol–water partition coefficient (Wildman–Crippen LogP) is 0.907. The first-order valence-corrected chi connectivity index (χ1v) is 4.07. The van der Waals surface area contributed by atoms with Crippen molar-refractivity contribution in [3.8, 4) is 0 Å². The molecular weight excluding hydrogens is 178 g/mol. The lowest BCUT2D eigenvalue weighted by Crippen LogP contribution is -1.95. The average molecular weight is 187 g/mol. The van der Waals surface area contributed by atoms with E-state index in [9.17, 15) is 0 Å². The van der Waals surface area contributed by atoms with Crippen LogP contribution in [-0.4, -0.2) is 21.2 Å². The molecule has 0 fully saturated rings. The number of hydrogen-bond acceptors (Lipinski definition) is 4. The Kier molecular flexibility index (Phi) is 1.98. The molecule has 0 unspecified atom stereocenters. The van der Waals surface area contributed by atoms with Gasteiger partial charge in [-0.1, -0.05) is 0 Å². The third-order valence-corrected chi connectivity index (χ3v) is 1.96. The second-order valence-electron chi connectivity index (χ2n) is 2.73. The largest absolute Gasteiger partial charge is 0.404 e. The van der Waals surface area contributed by atoms with Gasteiger partial charge in [0, 0.05) is 29.6 Å². The van der Waals surface area contributed by atoms with Crippen LogP contribution < -0.4 is 5.73 Å². The summed E-state index contributed by atoms with van der Waals surface area (Å²) in [5.41, 5.74) is 7.39. The van der Waals surface area contributed by atoms with E-state index in [4.69, 9.17) is 11.1 Å². The Labute approximate surface area is 80.2 Å². The monoisotopic (exact) mass is 187 g/mol. The number of fused-ring (bicyclic) bond motifs is 1. The van der Waals surface area contributed by atoms with E-state index < -0.39 is 0 Å².